The molecule has 3 aromatic rings. The number of hydrogen-bond acceptors (Lipinski definition) is 3. The normalized spacial score (nSPS) is 11.2. The van der Waals surface area contributed by atoms with Crippen LogP contribution in [0.15, 0.2) is 33.3 Å². The number of rotatable bonds is 1. The molecule has 0 aliphatic heterocycles. The van der Waals surface area contributed by atoms with Gasteiger partial charge in [-0.15, -0.1) is 0 Å². The topological polar surface area (TPSA) is 74.1 Å². The molecule has 0 radical (unpaired) electrons. The summed E-state index contributed by atoms with van der Waals surface area (Å²) >= 11 is 6.79. The van der Waals surface area contributed by atoms with Crippen molar-refractivity contribution in [3.05, 3.63) is 33.3 Å². The molecule has 18 heavy (non-hydrogen) atoms. The smallest absolute Gasteiger partial charge is 0.218 e. The summed E-state index contributed by atoms with van der Waals surface area (Å²) in [6.45, 7) is 0. The van der Waals surface area contributed by atoms with Crippen LogP contribution in [0.4, 0.5) is 0 Å². The Morgan fingerprint density at radius 3 is 2.39 bits per heavy atom. The maximum atomic E-state index is 9.76. The second kappa shape index (κ2) is 4.03. The second-order valence-electron chi connectivity index (χ2n) is 3.77. The SMILES string of the molecule is Oc1[nH]c(O)c2c1cnn2-c1cc(Br)cc(Br)c1. The van der Waals surface area contributed by atoms with E-state index in [1.807, 2.05) is 18.2 Å². The summed E-state index contributed by atoms with van der Waals surface area (Å²) in [5, 5.41) is 24.0. The molecule has 5 nitrogen and oxygen atoms in total. The van der Waals surface area contributed by atoms with Crippen LogP contribution in [0.5, 0.6) is 11.8 Å². The van der Waals surface area contributed by atoms with Crippen molar-refractivity contribution in [1.29, 1.82) is 0 Å². The number of nitrogens with one attached hydrogen (secondary N) is 1. The van der Waals surface area contributed by atoms with Gasteiger partial charge < -0.3 is 10.2 Å². The molecule has 1 aromatic carbocycles. The quantitative estimate of drug-likeness (QED) is 0.613. The third kappa shape index (κ3) is 1.70. The fourth-order valence-corrected chi connectivity index (χ4v) is 3.12. The zero-order valence-electron chi connectivity index (χ0n) is 8.85. The number of aromatic hydroxyl groups is 2. The van der Waals surface area contributed by atoms with Gasteiger partial charge in [-0.2, -0.15) is 5.10 Å². The van der Waals surface area contributed by atoms with E-state index in [2.05, 4.69) is 41.9 Å². The summed E-state index contributed by atoms with van der Waals surface area (Å²) in [6, 6.07) is 5.63. The van der Waals surface area contributed by atoms with Gasteiger partial charge in [0.2, 0.25) is 11.8 Å². The summed E-state index contributed by atoms with van der Waals surface area (Å²) in [4.78, 5) is 2.46. The lowest BCUT2D eigenvalue weighted by Gasteiger charge is -2.04. The van der Waals surface area contributed by atoms with Crippen LogP contribution in [0.25, 0.3) is 16.6 Å². The summed E-state index contributed by atoms with van der Waals surface area (Å²) in [6.07, 6.45) is 1.50. The van der Waals surface area contributed by atoms with E-state index in [1.165, 1.54) is 6.20 Å². The number of hydrogen-bond donors (Lipinski definition) is 3. The number of benzene rings is 1. The molecule has 0 unspecified atom stereocenters. The minimum atomic E-state index is -0.115. The molecule has 0 aliphatic rings. The Morgan fingerprint density at radius 2 is 1.72 bits per heavy atom. The molecular formula is C11H7Br2N3O2. The molecule has 0 bridgehead atoms. The van der Waals surface area contributed by atoms with Gasteiger partial charge in [0.05, 0.1) is 17.3 Å². The lowest BCUT2D eigenvalue weighted by Crippen LogP contribution is -1.95. The van der Waals surface area contributed by atoms with Crippen molar-refractivity contribution in [2.75, 3.05) is 0 Å². The van der Waals surface area contributed by atoms with Gasteiger partial charge in [0.25, 0.3) is 0 Å². The third-order valence-electron chi connectivity index (χ3n) is 2.58. The number of halogens is 2. The van der Waals surface area contributed by atoms with Crippen molar-refractivity contribution in [1.82, 2.24) is 14.8 Å². The van der Waals surface area contributed by atoms with E-state index >= 15 is 0 Å². The monoisotopic (exact) mass is 371 g/mol. The van der Waals surface area contributed by atoms with Crippen LogP contribution < -0.4 is 0 Å². The van der Waals surface area contributed by atoms with Crippen molar-refractivity contribution >= 4 is 42.8 Å². The molecule has 0 spiro atoms. The van der Waals surface area contributed by atoms with Crippen LogP contribution in [0.3, 0.4) is 0 Å². The molecule has 92 valence electrons. The standard InChI is InChI=1S/C11H7Br2N3O2/c12-5-1-6(13)3-7(2-5)16-9-8(4-14-16)10(17)15-11(9)18/h1-4,15,17-18H. The fourth-order valence-electron chi connectivity index (χ4n) is 1.85. The molecule has 3 N–H and O–H groups in total. The van der Waals surface area contributed by atoms with Crippen molar-refractivity contribution in [2.24, 2.45) is 0 Å². The largest absolute Gasteiger partial charge is 0.494 e. The van der Waals surface area contributed by atoms with Gasteiger partial charge in [0.1, 0.15) is 5.52 Å². The van der Waals surface area contributed by atoms with E-state index in [0.29, 0.717) is 10.9 Å². The fraction of sp³-hybridized carbons (Fsp3) is 0. The maximum absolute atomic E-state index is 9.76. The van der Waals surface area contributed by atoms with Gasteiger partial charge in [-0.1, -0.05) is 31.9 Å². The number of aromatic amines is 1. The van der Waals surface area contributed by atoms with Crippen LogP contribution in [0.2, 0.25) is 0 Å². The molecular weight excluding hydrogens is 366 g/mol. The zero-order valence-corrected chi connectivity index (χ0v) is 12.0. The Hall–Kier alpha value is -1.47. The van der Waals surface area contributed by atoms with E-state index < -0.39 is 0 Å². The highest BCUT2D eigenvalue weighted by Gasteiger charge is 2.16. The highest BCUT2D eigenvalue weighted by atomic mass is 79.9. The highest BCUT2D eigenvalue weighted by molar-refractivity contribution is 9.11. The Labute approximate surface area is 118 Å². The number of fused-ring (bicyclic) bond motifs is 1. The Bertz CT molecular complexity index is 728. The van der Waals surface area contributed by atoms with Gasteiger partial charge in [0.15, 0.2) is 0 Å². The first-order valence-corrected chi connectivity index (χ1v) is 6.59. The lowest BCUT2D eigenvalue weighted by atomic mass is 10.3. The van der Waals surface area contributed by atoms with E-state index in [9.17, 15) is 10.2 Å². The van der Waals surface area contributed by atoms with Crippen LogP contribution in [0, 0.1) is 0 Å². The highest BCUT2D eigenvalue weighted by Crippen LogP contribution is 2.34. The van der Waals surface area contributed by atoms with Gasteiger partial charge in [-0.3, -0.25) is 4.98 Å². The molecule has 0 saturated carbocycles. The van der Waals surface area contributed by atoms with Gasteiger partial charge in [-0.25, -0.2) is 4.68 Å². The maximum Gasteiger partial charge on any atom is 0.218 e. The van der Waals surface area contributed by atoms with E-state index in [-0.39, 0.29) is 11.8 Å². The first kappa shape index (κ1) is 11.6. The van der Waals surface area contributed by atoms with E-state index in [1.54, 1.807) is 4.68 Å². The lowest BCUT2D eigenvalue weighted by molar-refractivity contribution is 0.427. The number of nitrogens with zero attached hydrogens (tertiary/aromatic N) is 2. The molecule has 2 aromatic heterocycles. The van der Waals surface area contributed by atoms with Crippen molar-refractivity contribution < 1.29 is 10.2 Å². The Morgan fingerprint density at radius 1 is 1.06 bits per heavy atom. The van der Waals surface area contributed by atoms with Crippen molar-refractivity contribution in [3.63, 3.8) is 0 Å². The molecule has 0 atom stereocenters. The predicted molar refractivity (Wildman–Crippen MR) is 74.2 cm³/mol. The second-order valence-corrected chi connectivity index (χ2v) is 5.60. The number of H-pyrrole nitrogens is 1. The summed E-state index contributed by atoms with van der Waals surface area (Å²) in [7, 11) is 0. The first-order chi connectivity index (χ1) is 8.56. The molecule has 7 heteroatoms. The summed E-state index contributed by atoms with van der Waals surface area (Å²) in [5.41, 5.74) is 1.21. The van der Waals surface area contributed by atoms with E-state index in [4.69, 9.17) is 0 Å². The summed E-state index contributed by atoms with van der Waals surface area (Å²) in [5.74, 6) is -0.209. The van der Waals surface area contributed by atoms with Crippen LogP contribution in [-0.2, 0) is 0 Å². The van der Waals surface area contributed by atoms with Crippen molar-refractivity contribution in [3.8, 4) is 17.4 Å². The average molecular weight is 373 g/mol. The van der Waals surface area contributed by atoms with Gasteiger partial charge in [0, 0.05) is 8.95 Å². The molecule has 0 fully saturated rings. The third-order valence-corrected chi connectivity index (χ3v) is 3.49. The summed E-state index contributed by atoms with van der Waals surface area (Å²) < 4.78 is 3.32. The van der Waals surface area contributed by atoms with E-state index in [0.717, 1.165) is 14.6 Å². The average Bonchev–Trinajstić information content (AvgIpc) is 2.81. The molecule has 2 heterocycles. The van der Waals surface area contributed by atoms with Gasteiger partial charge >= 0.3 is 0 Å². The van der Waals surface area contributed by atoms with Crippen LogP contribution >= 0.6 is 31.9 Å². The predicted octanol–water partition coefficient (Wildman–Crippen LogP) is 3.29. The van der Waals surface area contributed by atoms with Crippen molar-refractivity contribution in [2.45, 2.75) is 0 Å². The van der Waals surface area contributed by atoms with Crippen LogP contribution in [-0.4, -0.2) is 25.0 Å². The minimum absolute atomic E-state index is 0.0946. The van der Waals surface area contributed by atoms with Crippen LogP contribution in [0.1, 0.15) is 0 Å². The Balaban J connectivity index is 2.31. The molecule has 0 amide bonds. The first-order valence-electron chi connectivity index (χ1n) is 5.00. The minimum Gasteiger partial charge on any atom is -0.494 e. The molecule has 0 saturated heterocycles. The Kier molecular flexibility index (Phi) is 2.60. The number of aromatic nitrogens is 3. The zero-order chi connectivity index (χ0) is 12.9. The molecule has 0 aliphatic carbocycles. The molecule has 3 rings (SSSR count). The van der Waals surface area contributed by atoms with Gasteiger partial charge in [-0.05, 0) is 18.2 Å².